The van der Waals surface area contributed by atoms with Crippen LogP contribution in [0.2, 0.25) is 6.55 Å². The lowest BCUT2D eigenvalue weighted by atomic mass is 11.3. The van der Waals surface area contributed by atoms with Crippen molar-refractivity contribution < 1.29 is 9.47 Å². The molecule has 0 N–H and O–H groups in total. The molecule has 0 heterocycles. The molecular formula is C4H12O2Si. The Morgan fingerprint density at radius 2 is 1.71 bits per heavy atom. The number of ether oxygens (including phenoxy) is 2. The number of hydrogen-bond acceptors (Lipinski definition) is 2. The monoisotopic (exact) mass is 120 g/mol. The molecule has 0 aliphatic rings. The summed E-state index contributed by atoms with van der Waals surface area (Å²) in [5.74, 6) is 0.125. The molecule has 44 valence electrons. The van der Waals surface area contributed by atoms with Crippen LogP contribution in [0.1, 0.15) is 0 Å². The Morgan fingerprint density at radius 1 is 1.29 bits per heavy atom. The summed E-state index contributed by atoms with van der Waals surface area (Å²) in [6.45, 7) is 2.15. The average molecular weight is 120 g/mol. The summed E-state index contributed by atoms with van der Waals surface area (Å²) < 4.78 is 9.78. The van der Waals surface area contributed by atoms with Crippen LogP contribution in [-0.4, -0.2) is 29.7 Å². The zero-order chi connectivity index (χ0) is 5.70. The van der Waals surface area contributed by atoms with Crippen molar-refractivity contribution in [2.24, 2.45) is 0 Å². The maximum Gasteiger partial charge on any atom is 0.133 e. The Bertz CT molecular complexity index is 31.2. The van der Waals surface area contributed by atoms with Gasteiger partial charge in [-0.25, -0.2) is 0 Å². The molecule has 0 saturated heterocycles. The van der Waals surface area contributed by atoms with Crippen molar-refractivity contribution in [2.45, 2.75) is 12.5 Å². The first kappa shape index (κ1) is 7.14. The Labute approximate surface area is 46.6 Å². The van der Waals surface area contributed by atoms with E-state index in [1.807, 2.05) is 0 Å². The molecule has 0 unspecified atom stereocenters. The molecule has 0 radical (unpaired) electrons. The van der Waals surface area contributed by atoms with Gasteiger partial charge in [-0.05, 0) is 0 Å². The van der Waals surface area contributed by atoms with Crippen molar-refractivity contribution in [3.05, 3.63) is 0 Å². The van der Waals surface area contributed by atoms with Gasteiger partial charge in [0, 0.05) is 14.2 Å². The van der Waals surface area contributed by atoms with E-state index in [0.717, 1.165) is 0 Å². The summed E-state index contributed by atoms with van der Waals surface area (Å²) >= 11 is 0. The van der Waals surface area contributed by atoms with Gasteiger partial charge in [-0.3, -0.25) is 0 Å². The van der Waals surface area contributed by atoms with Crippen molar-refractivity contribution in [1.82, 2.24) is 0 Å². The molecule has 0 fully saturated rings. The number of rotatable bonds is 3. The van der Waals surface area contributed by atoms with Gasteiger partial charge in [0.1, 0.15) is 5.91 Å². The van der Waals surface area contributed by atoms with Crippen LogP contribution in [0.5, 0.6) is 0 Å². The van der Waals surface area contributed by atoms with Crippen LogP contribution in [0.15, 0.2) is 0 Å². The smallest absolute Gasteiger partial charge is 0.133 e. The van der Waals surface area contributed by atoms with E-state index in [1.54, 1.807) is 14.2 Å². The highest BCUT2D eigenvalue weighted by Crippen LogP contribution is 1.84. The summed E-state index contributed by atoms with van der Waals surface area (Å²) in [7, 11) is 3.23. The van der Waals surface area contributed by atoms with Gasteiger partial charge in [-0.2, -0.15) is 0 Å². The second kappa shape index (κ2) is 4.30. The quantitative estimate of drug-likeness (QED) is 0.379. The molecule has 0 aliphatic carbocycles. The van der Waals surface area contributed by atoms with Crippen LogP contribution in [0.3, 0.4) is 0 Å². The predicted octanol–water partition coefficient (Wildman–Crippen LogP) is -0.220. The lowest BCUT2D eigenvalue weighted by molar-refractivity contribution is -0.0435. The third kappa shape index (κ3) is 2.79. The zero-order valence-electron chi connectivity index (χ0n) is 5.10. The minimum Gasteiger partial charge on any atom is -0.360 e. The van der Waals surface area contributed by atoms with E-state index < -0.39 is 0 Å². The van der Waals surface area contributed by atoms with Crippen molar-refractivity contribution in [3.8, 4) is 0 Å². The third-order valence-electron chi connectivity index (χ3n) is 0.859. The van der Waals surface area contributed by atoms with Gasteiger partial charge >= 0.3 is 0 Å². The van der Waals surface area contributed by atoms with Crippen molar-refractivity contribution in [1.29, 1.82) is 0 Å². The summed E-state index contributed by atoms with van der Waals surface area (Å²) in [5.41, 5.74) is 0. The molecule has 0 spiro atoms. The van der Waals surface area contributed by atoms with Crippen LogP contribution in [0.4, 0.5) is 0 Å². The van der Waals surface area contributed by atoms with Gasteiger partial charge in [0.2, 0.25) is 0 Å². The summed E-state index contributed by atoms with van der Waals surface area (Å²) in [4.78, 5) is 0. The SMILES string of the molecule is COC(OC)[SiH2]C. The lowest BCUT2D eigenvalue weighted by Gasteiger charge is -2.08. The first-order chi connectivity index (χ1) is 3.35. The van der Waals surface area contributed by atoms with Crippen LogP contribution >= 0.6 is 0 Å². The molecule has 0 aromatic heterocycles. The van der Waals surface area contributed by atoms with E-state index in [1.165, 1.54) is 0 Å². The molecular weight excluding hydrogens is 108 g/mol. The fraction of sp³-hybridized carbons (Fsp3) is 1.00. The van der Waals surface area contributed by atoms with Crippen LogP contribution in [0.25, 0.3) is 0 Å². The molecule has 0 bridgehead atoms. The molecule has 7 heavy (non-hydrogen) atoms. The van der Waals surface area contributed by atoms with Gasteiger partial charge < -0.3 is 9.47 Å². The second-order valence-electron chi connectivity index (χ2n) is 1.31. The Morgan fingerprint density at radius 3 is 1.71 bits per heavy atom. The molecule has 0 aromatic carbocycles. The average Bonchev–Trinajstić information content (AvgIpc) is 1.72. The topological polar surface area (TPSA) is 18.5 Å². The van der Waals surface area contributed by atoms with Gasteiger partial charge in [0.15, 0.2) is 0 Å². The normalized spacial score (nSPS) is 12.0. The van der Waals surface area contributed by atoms with Gasteiger partial charge in [0.25, 0.3) is 0 Å². The minimum absolute atomic E-state index is 0.117. The van der Waals surface area contributed by atoms with E-state index in [0.29, 0.717) is 0 Å². The minimum atomic E-state index is -0.117. The van der Waals surface area contributed by atoms with Gasteiger partial charge in [-0.15, -0.1) is 0 Å². The highest BCUT2D eigenvalue weighted by Gasteiger charge is 1.97. The first-order valence-corrected chi connectivity index (χ1v) is 4.63. The first-order valence-electron chi connectivity index (χ1n) is 2.40. The standard InChI is InChI=1S/C4H12O2Si/c1-5-4(6-2)7-3/h4H,7H2,1-3H3. The highest BCUT2D eigenvalue weighted by atomic mass is 28.2. The van der Waals surface area contributed by atoms with E-state index in [9.17, 15) is 0 Å². The van der Waals surface area contributed by atoms with E-state index >= 15 is 0 Å². The number of methoxy groups -OCH3 is 2. The van der Waals surface area contributed by atoms with E-state index in [-0.39, 0.29) is 15.4 Å². The van der Waals surface area contributed by atoms with Crippen LogP contribution in [-0.2, 0) is 9.47 Å². The van der Waals surface area contributed by atoms with Gasteiger partial charge in [0.05, 0.1) is 9.52 Å². The maximum absolute atomic E-state index is 4.89. The van der Waals surface area contributed by atoms with E-state index in [4.69, 9.17) is 9.47 Å². The molecule has 0 atom stereocenters. The molecule has 0 amide bonds. The molecule has 0 aliphatic heterocycles. The molecule has 0 saturated carbocycles. The predicted molar refractivity (Wildman–Crippen MR) is 32.2 cm³/mol. The van der Waals surface area contributed by atoms with Crippen LogP contribution in [0, 0.1) is 0 Å². The van der Waals surface area contributed by atoms with Crippen molar-refractivity contribution in [2.75, 3.05) is 14.2 Å². The third-order valence-corrected chi connectivity index (χ3v) is 2.19. The Hall–Kier alpha value is 0.137. The van der Waals surface area contributed by atoms with Crippen molar-refractivity contribution in [3.63, 3.8) is 0 Å². The molecule has 0 rings (SSSR count). The highest BCUT2D eigenvalue weighted by molar-refractivity contribution is 6.34. The Balaban J connectivity index is 2.99. The maximum atomic E-state index is 4.89. The fourth-order valence-corrected chi connectivity index (χ4v) is 1.10. The fourth-order valence-electron chi connectivity index (χ4n) is 0.430. The Kier molecular flexibility index (Phi) is 4.38. The lowest BCUT2D eigenvalue weighted by Crippen LogP contribution is -2.18. The summed E-state index contributed by atoms with van der Waals surface area (Å²) in [6.07, 6.45) is 0. The summed E-state index contributed by atoms with van der Waals surface area (Å²) in [5, 5.41) is 0. The van der Waals surface area contributed by atoms with Gasteiger partial charge in [-0.1, -0.05) is 6.55 Å². The zero-order valence-corrected chi connectivity index (χ0v) is 6.52. The van der Waals surface area contributed by atoms with Crippen LogP contribution < -0.4 is 0 Å². The van der Waals surface area contributed by atoms with Crippen molar-refractivity contribution >= 4 is 9.52 Å². The molecule has 0 aromatic rings. The second-order valence-corrected chi connectivity index (χ2v) is 2.79. The molecule has 3 heteroatoms. The van der Waals surface area contributed by atoms with E-state index in [2.05, 4.69) is 6.55 Å². The molecule has 2 nitrogen and oxygen atoms in total. The largest absolute Gasteiger partial charge is 0.360 e. The number of hydrogen-bond donors (Lipinski definition) is 0. The summed E-state index contributed by atoms with van der Waals surface area (Å²) in [6, 6.07) is 0.